The Kier molecular flexibility index (Phi) is 9.75. The van der Waals surface area contributed by atoms with Gasteiger partial charge in [-0.15, -0.1) is 0 Å². The van der Waals surface area contributed by atoms with Crippen molar-refractivity contribution in [2.24, 2.45) is 5.92 Å². The minimum atomic E-state index is -3.07. The van der Waals surface area contributed by atoms with Crippen molar-refractivity contribution in [3.63, 3.8) is 0 Å². The summed E-state index contributed by atoms with van der Waals surface area (Å²) in [6, 6.07) is 16.0. The van der Waals surface area contributed by atoms with E-state index >= 15 is 9.18 Å². The predicted octanol–water partition coefficient (Wildman–Crippen LogP) is 6.71. The van der Waals surface area contributed by atoms with Crippen LogP contribution in [-0.4, -0.2) is 81.7 Å². The number of aryl methyl sites for hydroxylation is 2. The summed E-state index contributed by atoms with van der Waals surface area (Å²) < 4.78 is 53.4. The Morgan fingerprint density at radius 3 is 2.38 bits per heavy atom. The number of benzene rings is 3. The van der Waals surface area contributed by atoms with Crippen molar-refractivity contribution < 1.29 is 22.7 Å². The van der Waals surface area contributed by atoms with Crippen molar-refractivity contribution in [3.8, 4) is 17.2 Å². The predicted molar refractivity (Wildman–Crippen MR) is 238 cm³/mol. The number of anilines is 1. The van der Waals surface area contributed by atoms with Crippen LogP contribution in [0.4, 0.5) is 10.1 Å². The molecule has 3 aliphatic rings. The number of carbonyl (C=O) groups excluding carboxylic acids is 1. The maximum atomic E-state index is 15.5. The van der Waals surface area contributed by atoms with Crippen molar-refractivity contribution in [2.75, 3.05) is 38.4 Å². The molecule has 1 aliphatic carbocycles. The van der Waals surface area contributed by atoms with Gasteiger partial charge in [0.25, 0.3) is 5.91 Å². The van der Waals surface area contributed by atoms with Crippen LogP contribution in [0.15, 0.2) is 86.0 Å². The fourth-order valence-corrected chi connectivity index (χ4v) is 11.1. The second kappa shape index (κ2) is 15.0. The highest BCUT2D eigenvalue weighted by molar-refractivity contribution is 7.91. The van der Waals surface area contributed by atoms with Crippen molar-refractivity contribution in [1.29, 1.82) is 4.78 Å². The van der Waals surface area contributed by atoms with E-state index in [-0.39, 0.29) is 17.6 Å². The molecule has 3 aromatic carbocycles. The van der Waals surface area contributed by atoms with E-state index in [9.17, 15) is 13.8 Å². The molecule has 1 saturated carbocycles. The zero-order valence-corrected chi connectivity index (χ0v) is 37.2. The maximum absolute atomic E-state index is 15.5. The number of halogens is 1. The Labute approximate surface area is 367 Å². The van der Waals surface area contributed by atoms with Crippen LogP contribution < -0.4 is 16.8 Å². The Hall–Kier alpha value is -6.53. The lowest BCUT2D eigenvalue weighted by atomic mass is 9.91. The van der Waals surface area contributed by atoms with Crippen LogP contribution in [0.1, 0.15) is 89.3 Å². The smallest absolute Gasteiger partial charge is 0.387 e. The van der Waals surface area contributed by atoms with Crippen LogP contribution in [-0.2, 0) is 26.4 Å². The zero-order valence-electron chi connectivity index (χ0n) is 36.4. The summed E-state index contributed by atoms with van der Waals surface area (Å²) in [7, 11) is -1.41. The Morgan fingerprint density at radius 2 is 1.72 bits per heavy atom. The van der Waals surface area contributed by atoms with Gasteiger partial charge in [-0.05, 0) is 117 Å². The van der Waals surface area contributed by atoms with Crippen LogP contribution in [0.2, 0.25) is 0 Å². The molecule has 4 aromatic heterocycles. The lowest BCUT2D eigenvalue weighted by Crippen LogP contribution is -2.41. The number of hydrogen-bond donors (Lipinski definition) is 3. The number of carbonyl (C=O) groups is 1. The number of hydrogen-bond acceptors (Lipinski definition) is 10. The van der Waals surface area contributed by atoms with E-state index in [2.05, 4.69) is 40.6 Å². The summed E-state index contributed by atoms with van der Waals surface area (Å²) >= 11 is 0. The number of ether oxygens (including phenoxy) is 1. The molecule has 1 amide bonds. The molecule has 64 heavy (non-hydrogen) atoms. The van der Waals surface area contributed by atoms with Crippen molar-refractivity contribution in [3.05, 3.63) is 133 Å². The molecule has 2 fully saturated rings. The van der Waals surface area contributed by atoms with Gasteiger partial charge in [-0.25, -0.2) is 27.6 Å². The highest BCUT2D eigenvalue weighted by Crippen LogP contribution is 2.56. The van der Waals surface area contributed by atoms with Crippen LogP contribution in [0.25, 0.3) is 28.1 Å². The summed E-state index contributed by atoms with van der Waals surface area (Å²) in [5.41, 5.74) is 4.80. The van der Waals surface area contributed by atoms with Crippen molar-refractivity contribution >= 4 is 32.2 Å². The van der Waals surface area contributed by atoms with Crippen molar-refractivity contribution in [2.45, 2.75) is 75.8 Å². The van der Waals surface area contributed by atoms with Gasteiger partial charge >= 0.3 is 11.4 Å². The molecule has 2 aliphatic heterocycles. The van der Waals surface area contributed by atoms with Gasteiger partial charge in [0, 0.05) is 68.3 Å². The first kappa shape index (κ1) is 41.5. The Morgan fingerprint density at radius 1 is 1.00 bits per heavy atom. The van der Waals surface area contributed by atoms with E-state index in [1.54, 1.807) is 73.2 Å². The molecule has 1 saturated heterocycles. The van der Waals surface area contributed by atoms with Gasteiger partial charge < -0.3 is 19.5 Å². The van der Waals surface area contributed by atoms with Gasteiger partial charge in [0.2, 0.25) is 0 Å². The van der Waals surface area contributed by atoms with E-state index in [1.807, 2.05) is 17.6 Å². The van der Waals surface area contributed by atoms with Crippen molar-refractivity contribution in [1.82, 2.24) is 38.5 Å². The summed E-state index contributed by atoms with van der Waals surface area (Å²) in [5.74, 6) is -0.159. The first-order valence-electron chi connectivity index (χ1n) is 21.5. The second-order valence-corrected chi connectivity index (χ2v) is 19.7. The molecule has 3 N–H and O–H groups in total. The lowest BCUT2D eigenvalue weighted by molar-refractivity contribution is 0.0663. The zero-order chi connectivity index (χ0) is 45.0. The topological polar surface area (TPSA) is 191 Å². The third kappa shape index (κ3) is 6.47. The second-order valence-electron chi connectivity index (χ2n) is 17.6. The fraction of sp³-hybridized carbons (Fsp3) is 0.370. The molecule has 332 valence electrons. The normalized spacial score (nSPS) is 21.0. The molecule has 7 aromatic rings. The van der Waals surface area contributed by atoms with Crippen LogP contribution in [0, 0.1) is 30.4 Å². The first-order valence-corrected chi connectivity index (χ1v) is 23.4. The molecule has 6 heterocycles. The third-order valence-corrected chi connectivity index (χ3v) is 14.8. The third-order valence-electron chi connectivity index (χ3n) is 13.6. The van der Waals surface area contributed by atoms with E-state index in [0.29, 0.717) is 100 Å². The lowest BCUT2D eigenvalue weighted by Gasteiger charge is -2.34. The molecule has 16 nitrogen and oxygen atoms in total. The minimum absolute atomic E-state index is 0.0118. The standard InChI is InChI=1S/C46H49FN10O6S/c1-25-19-33(20-26(2)40(25)47)57-41(55-16-15-54(45(55)60)32-8-10-38(64(6,48)61)35(23-32)49-5)39-28(4)53(14-11-34(39)51-57)42(58)37-22-31-21-30(29-12-17-62-18-13-29)7-9-36(31)56(37)46(24-27(46)3)43-50-44(59)63-52-43/h7-10,15-16,19-23,27-29,48-49H,11-14,17-18,24H2,1-6H3,(H,50,52,59)/t27-,28-,46-,64?/m0/s1. The summed E-state index contributed by atoms with van der Waals surface area (Å²) in [4.78, 5) is 47.5. The maximum Gasteiger partial charge on any atom is 0.438 e. The quantitative estimate of drug-likeness (QED) is 0.141. The van der Waals surface area contributed by atoms with Gasteiger partial charge in [-0.1, -0.05) is 18.1 Å². The number of nitrogens with one attached hydrogen (secondary N) is 3. The Balaban J connectivity index is 1.12. The molecular weight excluding hydrogens is 840 g/mol. The van der Waals surface area contributed by atoms with E-state index in [0.717, 1.165) is 23.7 Å². The number of aromatic nitrogens is 7. The number of fused-ring (bicyclic) bond motifs is 2. The molecule has 10 rings (SSSR count). The number of imidazole rings is 1. The van der Waals surface area contributed by atoms with Gasteiger partial charge in [0.05, 0.1) is 43.4 Å². The van der Waals surface area contributed by atoms with Crippen LogP contribution in [0.5, 0.6) is 0 Å². The molecule has 0 spiro atoms. The molecule has 0 bridgehead atoms. The summed E-state index contributed by atoms with van der Waals surface area (Å²) in [5, 5.41) is 13.1. The summed E-state index contributed by atoms with van der Waals surface area (Å²) in [6.07, 6.45) is 7.40. The van der Waals surface area contributed by atoms with Crippen LogP contribution in [0.3, 0.4) is 0 Å². The fourth-order valence-electron chi connectivity index (χ4n) is 10.2. The average molecular weight is 889 g/mol. The molecule has 18 heteroatoms. The largest absolute Gasteiger partial charge is 0.438 e. The van der Waals surface area contributed by atoms with Gasteiger partial charge in [-0.3, -0.25) is 23.4 Å². The van der Waals surface area contributed by atoms with Gasteiger partial charge in [0.15, 0.2) is 5.82 Å². The highest BCUT2D eigenvalue weighted by atomic mass is 32.2. The number of amides is 1. The molecule has 0 radical (unpaired) electrons. The molecule has 1 unspecified atom stereocenters. The first-order chi connectivity index (χ1) is 30.6. The van der Waals surface area contributed by atoms with Gasteiger partial charge in [-0.2, -0.15) is 5.10 Å². The highest BCUT2D eigenvalue weighted by Gasteiger charge is 2.59. The van der Waals surface area contributed by atoms with E-state index in [1.165, 1.54) is 21.0 Å². The average Bonchev–Trinajstić information content (AvgIpc) is 3.77. The molecular formula is C46H49FN10O6S. The minimum Gasteiger partial charge on any atom is -0.387 e. The van der Waals surface area contributed by atoms with Crippen LogP contribution >= 0.6 is 0 Å². The Bertz CT molecular complexity index is 3250. The number of rotatable bonds is 9. The SMILES string of the molecule is CNc1cc(-n2ccn(-c3c4c(nn3-c3cc(C)c(F)c(C)c3)CCN(C(=O)c3cc5cc(C6CCOCC6)ccc5n3[C@@]3(c5noc(=O)[nH]5)C[C@@H]3C)[C@H]4C)c2=O)ccc1S(C)(=N)=O. The van der Waals surface area contributed by atoms with E-state index < -0.39 is 32.8 Å². The number of nitrogens with zero attached hydrogens (tertiary/aromatic N) is 7. The van der Waals surface area contributed by atoms with E-state index in [4.69, 9.17) is 19.1 Å². The van der Waals surface area contributed by atoms with Gasteiger partial charge in [0.1, 0.15) is 22.9 Å². The molecule has 4 atom stereocenters. The number of aromatic amines is 1. The summed E-state index contributed by atoms with van der Waals surface area (Å²) in [6.45, 7) is 9.06. The number of H-pyrrole nitrogens is 1. The monoisotopic (exact) mass is 888 g/mol.